The van der Waals surface area contributed by atoms with Crippen LogP contribution in [0.5, 0.6) is 0 Å². The second-order valence-electron chi connectivity index (χ2n) is 5.00. The van der Waals surface area contributed by atoms with Crippen molar-refractivity contribution in [2.75, 3.05) is 5.75 Å². The summed E-state index contributed by atoms with van der Waals surface area (Å²) in [6.45, 7) is 0.431. The van der Waals surface area contributed by atoms with E-state index in [1.54, 1.807) is 4.57 Å². The van der Waals surface area contributed by atoms with Gasteiger partial charge < -0.3 is 4.98 Å². The van der Waals surface area contributed by atoms with Gasteiger partial charge in [0, 0.05) is 18.7 Å². The van der Waals surface area contributed by atoms with E-state index in [-0.39, 0.29) is 10.6 Å². The van der Waals surface area contributed by atoms with Crippen LogP contribution in [0.2, 0.25) is 0 Å². The van der Waals surface area contributed by atoms with E-state index in [2.05, 4.69) is 4.98 Å². The van der Waals surface area contributed by atoms with Crippen molar-refractivity contribution >= 4 is 22.8 Å². The monoisotopic (exact) mass is 338 g/mol. The highest BCUT2D eigenvalue weighted by atomic mass is 32.2. The summed E-state index contributed by atoms with van der Waals surface area (Å²) in [4.78, 5) is 14.4. The Morgan fingerprint density at radius 3 is 2.52 bits per heavy atom. The fourth-order valence-corrected chi connectivity index (χ4v) is 3.26. The summed E-state index contributed by atoms with van der Waals surface area (Å²) in [5, 5.41) is 0. The Morgan fingerprint density at radius 1 is 1.09 bits per heavy atom. The lowest BCUT2D eigenvalue weighted by atomic mass is 10.3. The minimum Gasteiger partial charge on any atom is -0.306 e. The Hall–Kier alpha value is -2.15. The number of nitrogens with zero attached hydrogens (tertiary/aromatic N) is 1. The summed E-state index contributed by atoms with van der Waals surface area (Å²) in [6, 6.07) is 8.64. The van der Waals surface area contributed by atoms with E-state index in [9.17, 15) is 18.0 Å². The maximum Gasteiger partial charge on any atom is 0.326 e. The molecule has 120 valence electrons. The molecule has 0 aliphatic heterocycles. The first-order valence-electron chi connectivity index (χ1n) is 7.01. The summed E-state index contributed by atoms with van der Waals surface area (Å²) in [6.07, 6.45) is 0.544. The van der Waals surface area contributed by atoms with Gasteiger partial charge in [-0.25, -0.2) is 18.0 Å². The molecular weight excluding hydrogens is 325 g/mol. The van der Waals surface area contributed by atoms with Crippen LogP contribution in [0.1, 0.15) is 6.42 Å². The fourth-order valence-electron chi connectivity index (χ4n) is 2.39. The predicted molar refractivity (Wildman–Crippen MR) is 84.2 cm³/mol. The van der Waals surface area contributed by atoms with E-state index >= 15 is 0 Å². The van der Waals surface area contributed by atoms with E-state index in [1.165, 1.54) is 0 Å². The molecule has 3 nitrogen and oxygen atoms in total. The van der Waals surface area contributed by atoms with Crippen molar-refractivity contribution in [2.24, 2.45) is 0 Å². The molecule has 1 N–H and O–H groups in total. The van der Waals surface area contributed by atoms with Crippen LogP contribution in [0.4, 0.5) is 13.2 Å². The smallest absolute Gasteiger partial charge is 0.306 e. The van der Waals surface area contributed by atoms with Gasteiger partial charge in [-0.05, 0) is 24.3 Å². The van der Waals surface area contributed by atoms with E-state index < -0.39 is 17.5 Å². The maximum absolute atomic E-state index is 13.5. The van der Waals surface area contributed by atoms with Crippen molar-refractivity contribution in [2.45, 2.75) is 17.9 Å². The third-order valence-corrected chi connectivity index (χ3v) is 4.59. The molecule has 0 unspecified atom stereocenters. The summed E-state index contributed by atoms with van der Waals surface area (Å²) >= 11 is 0.973. The van der Waals surface area contributed by atoms with Crippen molar-refractivity contribution < 1.29 is 13.2 Å². The molecule has 7 heteroatoms. The SMILES string of the molecule is O=c1[nH]c2ccccc2n1CCCSc1c(F)cc(F)cc1F. The fraction of sp³-hybridized carbons (Fsp3) is 0.188. The first-order valence-corrected chi connectivity index (χ1v) is 7.99. The van der Waals surface area contributed by atoms with Crippen LogP contribution < -0.4 is 5.69 Å². The second kappa shape index (κ2) is 6.54. The van der Waals surface area contributed by atoms with Gasteiger partial charge >= 0.3 is 5.69 Å². The average molecular weight is 338 g/mol. The Bertz CT molecular complexity index is 881. The van der Waals surface area contributed by atoms with Gasteiger partial charge in [0.25, 0.3) is 0 Å². The van der Waals surface area contributed by atoms with Gasteiger partial charge in [-0.15, -0.1) is 11.8 Å². The number of nitrogens with one attached hydrogen (secondary N) is 1. The number of rotatable bonds is 5. The number of hydrogen-bond donors (Lipinski definition) is 1. The van der Waals surface area contributed by atoms with Crippen LogP contribution in [0.3, 0.4) is 0 Å². The molecule has 3 rings (SSSR count). The average Bonchev–Trinajstić information content (AvgIpc) is 2.81. The molecular formula is C16H13F3N2OS. The van der Waals surface area contributed by atoms with Gasteiger partial charge in [0.2, 0.25) is 0 Å². The van der Waals surface area contributed by atoms with Crippen LogP contribution in [-0.2, 0) is 6.54 Å². The molecule has 0 saturated carbocycles. The number of thioether (sulfide) groups is 1. The molecule has 0 atom stereocenters. The third kappa shape index (κ3) is 3.29. The molecule has 23 heavy (non-hydrogen) atoms. The van der Waals surface area contributed by atoms with Crippen LogP contribution >= 0.6 is 11.8 Å². The van der Waals surface area contributed by atoms with Crippen LogP contribution in [0.25, 0.3) is 11.0 Å². The highest BCUT2D eigenvalue weighted by Crippen LogP contribution is 2.26. The van der Waals surface area contributed by atoms with Gasteiger partial charge in [-0.3, -0.25) is 4.57 Å². The normalized spacial score (nSPS) is 11.3. The van der Waals surface area contributed by atoms with Crippen molar-refractivity contribution in [3.8, 4) is 0 Å². The topological polar surface area (TPSA) is 37.8 Å². The molecule has 0 amide bonds. The number of H-pyrrole nitrogens is 1. The molecule has 2 aromatic carbocycles. The number of benzene rings is 2. The highest BCUT2D eigenvalue weighted by molar-refractivity contribution is 7.99. The quantitative estimate of drug-likeness (QED) is 0.565. The molecule has 0 aliphatic rings. The number of aromatic amines is 1. The Balaban J connectivity index is 1.66. The summed E-state index contributed by atoms with van der Waals surface area (Å²) in [5.74, 6) is -2.34. The Labute approximate surface area is 134 Å². The molecule has 1 aromatic heterocycles. The molecule has 0 radical (unpaired) electrons. The zero-order valence-electron chi connectivity index (χ0n) is 12.0. The van der Waals surface area contributed by atoms with Gasteiger partial charge in [-0.2, -0.15) is 0 Å². The number of aryl methyl sites for hydroxylation is 1. The zero-order valence-corrected chi connectivity index (χ0v) is 12.8. The Kier molecular flexibility index (Phi) is 4.47. The molecule has 1 heterocycles. The van der Waals surface area contributed by atoms with E-state index in [0.29, 0.717) is 30.9 Å². The van der Waals surface area contributed by atoms with Crippen LogP contribution in [0.15, 0.2) is 46.1 Å². The van der Waals surface area contributed by atoms with Crippen LogP contribution in [-0.4, -0.2) is 15.3 Å². The van der Waals surface area contributed by atoms with Crippen molar-refractivity contribution in [1.29, 1.82) is 0 Å². The molecule has 0 spiro atoms. The zero-order chi connectivity index (χ0) is 16.4. The van der Waals surface area contributed by atoms with E-state index in [4.69, 9.17) is 0 Å². The van der Waals surface area contributed by atoms with Gasteiger partial charge in [0.15, 0.2) is 0 Å². The second-order valence-corrected chi connectivity index (χ2v) is 6.10. The lowest BCUT2D eigenvalue weighted by Crippen LogP contribution is -2.17. The first kappa shape index (κ1) is 15.7. The number of para-hydroxylation sites is 2. The maximum atomic E-state index is 13.5. The molecule has 0 saturated heterocycles. The molecule has 0 bridgehead atoms. The van der Waals surface area contributed by atoms with Gasteiger partial charge in [0.05, 0.1) is 15.9 Å². The third-order valence-electron chi connectivity index (χ3n) is 3.42. The standard InChI is InChI=1S/C16H13F3N2OS/c17-10-8-11(18)15(12(19)9-10)23-7-3-6-21-14-5-2-1-4-13(14)20-16(21)22/h1-2,4-5,8-9H,3,6-7H2,(H,20,22). The minimum atomic E-state index is -0.935. The molecule has 0 aliphatic carbocycles. The lowest BCUT2D eigenvalue weighted by Gasteiger charge is -2.06. The highest BCUT2D eigenvalue weighted by Gasteiger charge is 2.12. The summed E-state index contributed by atoms with van der Waals surface area (Å²) in [5.41, 5.74) is 1.33. The predicted octanol–water partition coefficient (Wildman–Crippen LogP) is 3.93. The van der Waals surface area contributed by atoms with Crippen LogP contribution in [0, 0.1) is 17.5 Å². The van der Waals surface area contributed by atoms with E-state index in [0.717, 1.165) is 22.8 Å². The Morgan fingerprint density at radius 2 is 1.78 bits per heavy atom. The van der Waals surface area contributed by atoms with Gasteiger partial charge in [0.1, 0.15) is 17.5 Å². The number of fused-ring (bicyclic) bond motifs is 1. The van der Waals surface area contributed by atoms with E-state index in [1.807, 2.05) is 24.3 Å². The number of halogens is 3. The molecule has 3 aromatic rings. The molecule has 0 fully saturated rings. The summed E-state index contributed by atoms with van der Waals surface area (Å²) < 4.78 is 41.5. The van der Waals surface area contributed by atoms with Crippen molar-refractivity contribution in [3.05, 3.63) is 64.3 Å². The number of hydrogen-bond acceptors (Lipinski definition) is 2. The first-order chi connectivity index (χ1) is 11.1. The lowest BCUT2D eigenvalue weighted by molar-refractivity contribution is 0.510. The summed E-state index contributed by atoms with van der Waals surface area (Å²) in [7, 11) is 0. The van der Waals surface area contributed by atoms with Gasteiger partial charge in [-0.1, -0.05) is 12.1 Å². The number of imidazole rings is 1. The largest absolute Gasteiger partial charge is 0.326 e. The minimum absolute atomic E-state index is 0.197. The van der Waals surface area contributed by atoms with Crippen molar-refractivity contribution in [1.82, 2.24) is 9.55 Å². The number of aromatic nitrogens is 2. The van der Waals surface area contributed by atoms with Crippen molar-refractivity contribution in [3.63, 3.8) is 0 Å².